The summed E-state index contributed by atoms with van der Waals surface area (Å²) >= 11 is 6.67. The van der Waals surface area contributed by atoms with Gasteiger partial charge in [0.25, 0.3) is 5.91 Å². The van der Waals surface area contributed by atoms with Gasteiger partial charge in [0.1, 0.15) is 0 Å². The van der Waals surface area contributed by atoms with E-state index in [0.717, 1.165) is 11.3 Å². The first-order chi connectivity index (χ1) is 15.6. The fourth-order valence-corrected chi connectivity index (χ4v) is 4.42. The molecule has 0 unspecified atom stereocenters. The number of hydrogen-bond acceptors (Lipinski definition) is 6. The van der Waals surface area contributed by atoms with E-state index in [-0.39, 0.29) is 5.91 Å². The number of esters is 1. The van der Waals surface area contributed by atoms with Crippen LogP contribution in [0.25, 0.3) is 6.08 Å². The van der Waals surface area contributed by atoms with Gasteiger partial charge in [-0.25, -0.2) is 4.79 Å². The normalized spacial score (nSPS) is 14.7. The Labute approximate surface area is 195 Å². The highest BCUT2D eigenvalue weighted by Crippen LogP contribution is 2.37. The maximum atomic E-state index is 12.9. The Balaban J connectivity index is 1.58. The Morgan fingerprint density at radius 2 is 1.69 bits per heavy atom. The summed E-state index contributed by atoms with van der Waals surface area (Å²) in [5.74, 6) is 0.0885. The van der Waals surface area contributed by atoms with Crippen molar-refractivity contribution in [2.45, 2.75) is 6.92 Å². The number of nitrogens with zero attached hydrogens (tertiary/aromatic N) is 1. The van der Waals surface area contributed by atoms with Gasteiger partial charge in [-0.1, -0.05) is 66.4 Å². The van der Waals surface area contributed by atoms with E-state index in [1.54, 1.807) is 48.5 Å². The molecule has 32 heavy (non-hydrogen) atoms. The third-order valence-electron chi connectivity index (χ3n) is 4.59. The lowest BCUT2D eigenvalue weighted by Gasteiger charge is -2.14. The minimum Gasteiger partial charge on any atom is -0.490 e. The quantitative estimate of drug-likeness (QED) is 0.203. The number of hydrogen-bond donors (Lipinski definition) is 0. The van der Waals surface area contributed by atoms with Crippen LogP contribution in [0.1, 0.15) is 22.8 Å². The van der Waals surface area contributed by atoms with E-state index >= 15 is 0 Å². The summed E-state index contributed by atoms with van der Waals surface area (Å²) in [5.41, 5.74) is 1.92. The minimum absolute atomic E-state index is 0.177. The maximum absolute atomic E-state index is 12.9. The van der Waals surface area contributed by atoms with Crippen molar-refractivity contribution in [1.82, 2.24) is 0 Å². The van der Waals surface area contributed by atoms with Crippen molar-refractivity contribution in [3.63, 3.8) is 0 Å². The Bertz CT molecular complexity index is 1190. The van der Waals surface area contributed by atoms with Gasteiger partial charge in [-0.2, -0.15) is 0 Å². The molecular weight excluding hydrogens is 442 g/mol. The van der Waals surface area contributed by atoms with E-state index in [2.05, 4.69) is 0 Å². The van der Waals surface area contributed by atoms with Gasteiger partial charge >= 0.3 is 5.97 Å². The molecular formula is C25H19NO4S2. The number of thioether (sulfide) groups is 1. The summed E-state index contributed by atoms with van der Waals surface area (Å²) in [6.45, 7) is 2.25. The number of rotatable bonds is 6. The lowest BCUT2D eigenvalue weighted by molar-refractivity contribution is -0.113. The van der Waals surface area contributed by atoms with Gasteiger partial charge in [0.2, 0.25) is 0 Å². The van der Waals surface area contributed by atoms with Crippen LogP contribution in [0.2, 0.25) is 0 Å². The molecule has 5 nitrogen and oxygen atoms in total. The molecule has 0 bridgehead atoms. The van der Waals surface area contributed by atoms with E-state index in [0.29, 0.717) is 32.9 Å². The van der Waals surface area contributed by atoms with Crippen LogP contribution in [-0.4, -0.2) is 22.8 Å². The van der Waals surface area contributed by atoms with Crippen LogP contribution in [0.3, 0.4) is 0 Å². The maximum Gasteiger partial charge on any atom is 0.343 e. The van der Waals surface area contributed by atoms with Crippen molar-refractivity contribution in [2.24, 2.45) is 0 Å². The molecule has 0 atom stereocenters. The van der Waals surface area contributed by atoms with E-state index < -0.39 is 5.97 Å². The Morgan fingerprint density at radius 3 is 2.38 bits per heavy atom. The number of amides is 1. The molecule has 0 aliphatic carbocycles. The third-order valence-corrected chi connectivity index (χ3v) is 5.89. The summed E-state index contributed by atoms with van der Waals surface area (Å²) in [5, 5.41) is 0. The molecule has 4 rings (SSSR count). The Hall–Kier alpha value is -3.42. The highest BCUT2D eigenvalue weighted by Gasteiger charge is 2.33. The summed E-state index contributed by atoms with van der Waals surface area (Å²) < 4.78 is 11.7. The van der Waals surface area contributed by atoms with Gasteiger partial charge in [0.15, 0.2) is 15.8 Å². The molecule has 1 amide bonds. The van der Waals surface area contributed by atoms with Crippen LogP contribution >= 0.6 is 24.0 Å². The lowest BCUT2D eigenvalue weighted by atomic mass is 10.1. The van der Waals surface area contributed by atoms with Crippen LogP contribution in [0.5, 0.6) is 11.5 Å². The van der Waals surface area contributed by atoms with Gasteiger partial charge in [-0.15, -0.1) is 0 Å². The number of thiocarbonyl (C=S) groups is 1. The lowest BCUT2D eigenvalue weighted by Crippen LogP contribution is -2.27. The zero-order chi connectivity index (χ0) is 22.5. The van der Waals surface area contributed by atoms with Crippen molar-refractivity contribution in [1.29, 1.82) is 0 Å². The summed E-state index contributed by atoms with van der Waals surface area (Å²) in [6.07, 6.45) is 1.76. The smallest absolute Gasteiger partial charge is 0.343 e. The molecule has 1 fully saturated rings. The molecule has 0 spiro atoms. The molecule has 1 saturated heterocycles. The largest absolute Gasteiger partial charge is 0.490 e. The topological polar surface area (TPSA) is 55.8 Å². The number of benzene rings is 3. The van der Waals surface area contributed by atoms with E-state index in [1.807, 2.05) is 43.3 Å². The molecule has 0 saturated carbocycles. The predicted molar refractivity (Wildman–Crippen MR) is 131 cm³/mol. The SMILES string of the molecule is CCOc1cc(/C=C2/SC(=S)N(c3ccccc3)C2=O)ccc1OC(=O)c1ccccc1. The first-order valence-electron chi connectivity index (χ1n) is 9.94. The second-order valence-electron chi connectivity index (χ2n) is 6.75. The Morgan fingerprint density at radius 1 is 1.00 bits per heavy atom. The summed E-state index contributed by atoms with van der Waals surface area (Å²) in [6, 6.07) is 23.2. The van der Waals surface area contributed by atoms with Gasteiger partial charge in [-0.05, 0) is 55.0 Å². The molecule has 1 heterocycles. The summed E-state index contributed by atoms with van der Waals surface area (Å²) in [4.78, 5) is 27.4. The van der Waals surface area contributed by atoms with Crippen molar-refractivity contribution >= 4 is 51.9 Å². The van der Waals surface area contributed by atoms with Crippen LogP contribution in [-0.2, 0) is 4.79 Å². The highest BCUT2D eigenvalue weighted by atomic mass is 32.2. The van der Waals surface area contributed by atoms with E-state index in [1.165, 1.54) is 16.7 Å². The fraction of sp³-hybridized carbons (Fsp3) is 0.0800. The zero-order valence-electron chi connectivity index (χ0n) is 17.2. The van der Waals surface area contributed by atoms with Crippen LogP contribution < -0.4 is 14.4 Å². The van der Waals surface area contributed by atoms with Crippen LogP contribution in [0, 0.1) is 0 Å². The van der Waals surface area contributed by atoms with Crippen molar-refractivity contribution in [2.75, 3.05) is 11.5 Å². The number of carbonyl (C=O) groups excluding carboxylic acids is 2. The number of ether oxygens (including phenoxy) is 2. The van der Waals surface area contributed by atoms with Crippen LogP contribution in [0.15, 0.2) is 83.8 Å². The highest BCUT2D eigenvalue weighted by molar-refractivity contribution is 8.27. The summed E-state index contributed by atoms with van der Waals surface area (Å²) in [7, 11) is 0. The Kier molecular flexibility index (Phi) is 6.68. The molecule has 1 aliphatic heterocycles. The van der Waals surface area contributed by atoms with Crippen molar-refractivity contribution in [3.8, 4) is 11.5 Å². The molecule has 0 aromatic heterocycles. The van der Waals surface area contributed by atoms with E-state index in [9.17, 15) is 9.59 Å². The zero-order valence-corrected chi connectivity index (χ0v) is 18.8. The average Bonchev–Trinajstić information content (AvgIpc) is 3.09. The van der Waals surface area contributed by atoms with Gasteiger partial charge in [-0.3, -0.25) is 9.69 Å². The molecule has 1 aliphatic rings. The standard InChI is InChI=1S/C25H19NO4S2/c1-2-29-21-15-17(13-14-20(21)30-24(28)18-9-5-3-6-10-18)16-22-23(27)26(25(31)32-22)19-11-7-4-8-12-19/h3-16H,2H2,1H3/b22-16+. The van der Waals surface area contributed by atoms with Crippen LogP contribution in [0.4, 0.5) is 5.69 Å². The second kappa shape index (κ2) is 9.80. The molecule has 7 heteroatoms. The molecule has 3 aromatic rings. The molecule has 0 radical (unpaired) electrons. The monoisotopic (exact) mass is 461 g/mol. The van der Waals surface area contributed by atoms with Gasteiger partial charge in [0, 0.05) is 0 Å². The number of carbonyl (C=O) groups is 2. The predicted octanol–water partition coefficient (Wildman–Crippen LogP) is 5.71. The first kappa shape index (κ1) is 21.8. The second-order valence-corrected chi connectivity index (χ2v) is 8.42. The third kappa shape index (κ3) is 4.74. The first-order valence-corrected chi connectivity index (χ1v) is 11.2. The fourth-order valence-electron chi connectivity index (χ4n) is 3.12. The van der Waals surface area contributed by atoms with Crippen molar-refractivity contribution in [3.05, 3.63) is 94.9 Å². The minimum atomic E-state index is -0.469. The molecule has 0 N–H and O–H groups in total. The number of anilines is 1. The average molecular weight is 462 g/mol. The molecule has 3 aromatic carbocycles. The molecule has 160 valence electrons. The van der Waals surface area contributed by atoms with Crippen molar-refractivity contribution < 1.29 is 19.1 Å². The van der Waals surface area contributed by atoms with Gasteiger partial charge in [0.05, 0.1) is 22.8 Å². The number of para-hydroxylation sites is 1. The van der Waals surface area contributed by atoms with E-state index in [4.69, 9.17) is 21.7 Å². The van der Waals surface area contributed by atoms with Gasteiger partial charge < -0.3 is 9.47 Å².